The van der Waals surface area contributed by atoms with Crippen molar-refractivity contribution in [1.29, 1.82) is 0 Å². The number of hydrogen-bond acceptors (Lipinski definition) is 4. The Balaban J connectivity index is 0. The molecule has 0 saturated heterocycles. The predicted molar refractivity (Wildman–Crippen MR) is 58.1 cm³/mol. The molecule has 0 aromatic rings. The van der Waals surface area contributed by atoms with Crippen LogP contribution in [-0.4, -0.2) is 19.1 Å². The van der Waals surface area contributed by atoms with E-state index in [9.17, 15) is 13.0 Å². The molecule has 0 rings (SSSR count). The summed E-state index contributed by atoms with van der Waals surface area (Å²) in [5, 5.41) is 0. The Morgan fingerprint density at radius 3 is 2.12 bits per heavy atom. The first kappa shape index (κ1) is 18.9. The average Bonchev–Trinajstić information content (AvgIpc) is 2.08. The van der Waals surface area contributed by atoms with Crippen molar-refractivity contribution >= 4 is 18.4 Å². The van der Waals surface area contributed by atoms with E-state index in [4.69, 9.17) is 4.89 Å². The third-order valence-electron chi connectivity index (χ3n) is 1.93. The normalized spacial score (nSPS) is 12.0. The standard InChI is InChI=1S/C8H17O5PS.Zn/c1-2-3-4-5-6-7-8-15(11,12)13-14(9)10;/h2-8H2,1H3;/p+1. The molecule has 0 aromatic carbocycles. The van der Waals surface area contributed by atoms with E-state index in [1.54, 1.807) is 0 Å². The van der Waals surface area contributed by atoms with Gasteiger partial charge in [-0.1, -0.05) is 39.0 Å². The predicted octanol–water partition coefficient (Wildman–Crippen LogP) is 2.34. The van der Waals surface area contributed by atoms with Crippen molar-refractivity contribution in [2.45, 2.75) is 45.4 Å². The van der Waals surface area contributed by atoms with Gasteiger partial charge < -0.3 is 0 Å². The third kappa shape index (κ3) is 12.7. The summed E-state index contributed by atoms with van der Waals surface area (Å²) in [4.78, 5) is 8.27. The summed E-state index contributed by atoms with van der Waals surface area (Å²) < 4.78 is 36.0. The molecule has 16 heavy (non-hydrogen) atoms. The van der Waals surface area contributed by atoms with Crippen LogP contribution in [0.2, 0.25) is 0 Å². The van der Waals surface area contributed by atoms with Crippen LogP contribution in [0.5, 0.6) is 0 Å². The maximum atomic E-state index is 11.0. The van der Waals surface area contributed by atoms with Crippen LogP contribution in [-0.2, 0) is 38.1 Å². The maximum absolute atomic E-state index is 11.0. The molecule has 0 bridgehead atoms. The maximum Gasteiger partial charge on any atom is 0.712 e. The van der Waals surface area contributed by atoms with E-state index in [1.807, 2.05) is 0 Å². The summed E-state index contributed by atoms with van der Waals surface area (Å²) in [5.41, 5.74) is 0. The Morgan fingerprint density at radius 1 is 1.12 bits per heavy atom. The fourth-order valence-corrected chi connectivity index (χ4v) is 2.83. The van der Waals surface area contributed by atoms with Crippen molar-refractivity contribution in [2.24, 2.45) is 0 Å². The molecule has 0 aliphatic rings. The zero-order chi connectivity index (χ0) is 11.7. The molecule has 0 heterocycles. The van der Waals surface area contributed by atoms with Gasteiger partial charge in [0, 0.05) is 28.0 Å². The van der Waals surface area contributed by atoms with Crippen LogP contribution < -0.4 is 0 Å². The van der Waals surface area contributed by atoms with Crippen LogP contribution in [0.3, 0.4) is 0 Å². The molecule has 0 saturated carbocycles. The molecule has 0 aliphatic carbocycles. The van der Waals surface area contributed by atoms with Crippen LogP contribution in [0.4, 0.5) is 0 Å². The second kappa shape index (κ2) is 10.7. The minimum Gasteiger partial charge on any atom is -0.196 e. The molecular formula is C8H18O5PSZn+. The minimum atomic E-state index is -3.81. The van der Waals surface area contributed by atoms with Crippen molar-refractivity contribution < 1.29 is 41.3 Å². The van der Waals surface area contributed by atoms with Crippen LogP contribution in [0, 0.1) is 0 Å². The van der Waals surface area contributed by atoms with E-state index in [1.165, 1.54) is 0 Å². The van der Waals surface area contributed by atoms with Crippen molar-refractivity contribution in [3.63, 3.8) is 0 Å². The molecule has 0 spiro atoms. The average molecular weight is 323 g/mol. The number of rotatable bonds is 9. The molecule has 1 atom stereocenters. The SMILES string of the molecule is CCCCCCCCS(=O)(=O)O[P+](=O)O.[Zn]. The van der Waals surface area contributed by atoms with Gasteiger partial charge in [-0.2, -0.15) is 8.42 Å². The Hall–Kier alpha value is 0.593. The van der Waals surface area contributed by atoms with E-state index >= 15 is 0 Å². The molecular weight excluding hydrogens is 305 g/mol. The molecule has 0 aliphatic heterocycles. The first-order valence-electron chi connectivity index (χ1n) is 5.06. The van der Waals surface area contributed by atoms with Gasteiger partial charge in [-0.3, -0.25) is 0 Å². The van der Waals surface area contributed by atoms with Gasteiger partial charge in [-0.15, -0.1) is 4.89 Å². The molecule has 1 unspecified atom stereocenters. The van der Waals surface area contributed by atoms with E-state index in [2.05, 4.69) is 10.9 Å². The van der Waals surface area contributed by atoms with Crippen molar-refractivity contribution in [3.05, 3.63) is 0 Å². The Morgan fingerprint density at radius 2 is 1.62 bits per heavy atom. The summed E-state index contributed by atoms with van der Waals surface area (Å²) in [7, 11) is -6.86. The largest absolute Gasteiger partial charge is 0.712 e. The first-order chi connectivity index (χ1) is 6.98. The monoisotopic (exact) mass is 321 g/mol. The van der Waals surface area contributed by atoms with Gasteiger partial charge in [0.25, 0.3) is 0 Å². The van der Waals surface area contributed by atoms with Crippen molar-refractivity contribution in [3.8, 4) is 0 Å². The van der Waals surface area contributed by atoms with Crippen molar-refractivity contribution in [2.75, 3.05) is 5.75 Å². The van der Waals surface area contributed by atoms with Gasteiger partial charge >= 0.3 is 18.4 Å². The molecule has 0 fully saturated rings. The van der Waals surface area contributed by atoms with Gasteiger partial charge in [-0.05, 0) is 6.42 Å². The van der Waals surface area contributed by atoms with E-state index < -0.39 is 18.4 Å². The molecule has 0 radical (unpaired) electrons. The quantitative estimate of drug-likeness (QED) is 0.400. The minimum absolute atomic E-state index is 0. The Labute approximate surface area is 111 Å². The zero-order valence-electron chi connectivity index (χ0n) is 9.59. The second-order valence-electron chi connectivity index (χ2n) is 3.34. The van der Waals surface area contributed by atoms with Crippen LogP contribution in [0.1, 0.15) is 45.4 Å². The van der Waals surface area contributed by atoms with Crippen LogP contribution >= 0.6 is 8.25 Å². The van der Waals surface area contributed by atoms with Gasteiger partial charge in [0.05, 0.1) is 5.75 Å². The van der Waals surface area contributed by atoms with Gasteiger partial charge in [-0.25, -0.2) is 0 Å². The molecule has 8 heteroatoms. The Kier molecular flexibility index (Phi) is 12.7. The molecule has 1 N–H and O–H groups in total. The summed E-state index contributed by atoms with van der Waals surface area (Å²) in [6.45, 7) is 2.11. The smallest absolute Gasteiger partial charge is 0.196 e. The number of hydrogen-bond donors (Lipinski definition) is 1. The van der Waals surface area contributed by atoms with E-state index in [-0.39, 0.29) is 25.2 Å². The molecule has 92 valence electrons. The topological polar surface area (TPSA) is 80.7 Å². The molecule has 5 nitrogen and oxygen atoms in total. The first-order valence-corrected chi connectivity index (χ1v) is 7.77. The fraction of sp³-hybridized carbons (Fsp3) is 1.00. The van der Waals surface area contributed by atoms with Gasteiger partial charge in [0.2, 0.25) is 0 Å². The van der Waals surface area contributed by atoms with Crippen LogP contribution in [0.25, 0.3) is 0 Å². The van der Waals surface area contributed by atoms with E-state index in [0.29, 0.717) is 6.42 Å². The summed E-state index contributed by atoms with van der Waals surface area (Å²) in [5.74, 6) is -0.180. The fourth-order valence-electron chi connectivity index (χ4n) is 1.19. The molecule has 0 aromatic heterocycles. The summed E-state index contributed by atoms with van der Waals surface area (Å²) in [6, 6.07) is 0. The summed E-state index contributed by atoms with van der Waals surface area (Å²) >= 11 is 0. The van der Waals surface area contributed by atoms with Crippen molar-refractivity contribution in [1.82, 2.24) is 0 Å². The Bertz CT molecular complexity index is 280. The number of unbranched alkanes of at least 4 members (excludes halogenated alkanes) is 5. The van der Waals surface area contributed by atoms with Crippen LogP contribution in [0.15, 0.2) is 0 Å². The van der Waals surface area contributed by atoms with E-state index in [0.717, 1.165) is 32.1 Å². The van der Waals surface area contributed by atoms with Gasteiger partial charge in [0.1, 0.15) is 0 Å². The molecule has 0 amide bonds. The second-order valence-corrected chi connectivity index (χ2v) is 5.94. The summed E-state index contributed by atoms with van der Waals surface area (Å²) in [6.07, 6.45) is 5.69. The third-order valence-corrected chi connectivity index (χ3v) is 4.13. The van der Waals surface area contributed by atoms with Gasteiger partial charge in [0.15, 0.2) is 0 Å². The zero-order valence-corrected chi connectivity index (χ0v) is 14.3.